The van der Waals surface area contributed by atoms with E-state index in [1.807, 2.05) is 0 Å². The maximum atomic E-state index is 2.89. The van der Waals surface area contributed by atoms with Crippen LogP contribution < -0.4 is 0 Å². The molecule has 0 nitrogen and oxygen atoms in total. The second-order valence-electron chi connectivity index (χ2n) is 8.74. The predicted octanol–water partition coefficient (Wildman–Crippen LogP) is 10.2. The summed E-state index contributed by atoms with van der Waals surface area (Å²) in [5.74, 6) is 0.968. The standard InChI is InChI=1S/C14H31P.C12H27P/c1-3-5-6-7-8-9-10-11-12-14(4-2)13-15;1-2-3-4-5-6-7-8-9-10-11-12-13/h14H,3-13,15H2,1-2H3;2-13H2,1H3. The van der Waals surface area contributed by atoms with Crippen molar-refractivity contribution in [1.82, 2.24) is 0 Å². The highest BCUT2D eigenvalue weighted by Crippen LogP contribution is 2.17. The van der Waals surface area contributed by atoms with Gasteiger partial charge in [0.15, 0.2) is 0 Å². The molecule has 0 aliphatic heterocycles. The summed E-state index contributed by atoms with van der Waals surface area (Å²) in [7, 11) is 5.70. The van der Waals surface area contributed by atoms with Crippen molar-refractivity contribution in [3.05, 3.63) is 0 Å². The number of hydrogen-bond acceptors (Lipinski definition) is 0. The van der Waals surface area contributed by atoms with E-state index in [0.29, 0.717) is 0 Å². The molecule has 0 aromatic carbocycles. The van der Waals surface area contributed by atoms with Crippen molar-refractivity contribution in [3.8, 4) is 0 Å². The summed E-state index contributed by atoms with van der Waals surface area (Å²) < 4.78 is 0. The van der Waals surface area contributed by atoms with Crippen LogP contribution in [0, 0.1) is 5.92 Å². The zero-order chi connectivity index (χ0) is 21.1. The van der Waals surface area contributed by atoms with Crippen molar-refractivity contribution < 1.29 is 0 Å². The van der Waals surface area contributed by atoms with Gasteiger partial charge in [-0.25, -0.2) is 0 Å². The monoisotopic (exact) mass is 432 g/mol. The molecule has 0 amide bonds. The highest BCUT2D eigenvalue weighted by Gasteiger charge is 2.02. The Balaban J connectivity index is 0. The smallest absolute Gasteiger partial charge is 0.0353 e. The molecule has 2 heteroatoms. The van der Waals surface area contributed by atoms with Crippen molar-refractivity contribution in [2.24, 2.45) is 5.92 Å². The maximum absolute atomic E-state index is 2.89. The van der Waals surface area contributed by atoms with Gasteiger partial charge >= 0.3 is 0 Å². The van der Waals surface area contributed by atoms with Gasteiger partial charge in [-0.2, -0.15) is 0 Å². The van der Waals surface area contributed by atoms with Crippen LogP contribution >= 0.6 is 18.5 Å². The van der Waals surface area contributed by atoms with Crippen LogP contribution in [0.3, 0.4) is 0 Å². The number of unbranched alkanes of at least 4 members (excludes halogenated alkanes) is 16. The molecule has 0 radical (unpaired) electrons. The van der Waals surface area contributed by atoms with Crippen LogP contribution in [0.2, 0.25) is 0 Å². The van der Waals surface area contributed by atoms with E-state index in [0.717, 1.165) is 5.92 Å². The Morgan fingerprint density at radius 3 is 1.14 bits per heavy atom. The van der Waals surface area contributed by atoms with E-state index >= 15 is 0 Å². The summed E-state index contributed by atoms with van der Waals surface area (Å²) in [5, 5.41) is 0. The van der Waals surface area contributed by atoms with Gasteiger partial charge in [0.05, 0.1) is 0 Å². The number of rotatable bonds is 21. The van der Waals surface area contributed by atoms with E-state index in [1.165, 1.54) is 141 Å². The lowest BCUT2D eigenvalue weighted by molar-refractivity contribution is 0.476. The molecule has 28 heavy (non-hydrogen) atoms. The molecule has 3 atom stereocenters. The minimum Gasteiger partial charge on any atom is -0.138 e. The van der Waals surface area contributed by atoms with Crippen molar-refractivity contribution in [1.29, 1.82) is 0 Å². The van der Waals surface area contributed by atoms with Gasteiger partial charge in [-0.05, 0) is 24.7 Å². The third kappa shape index (κ3) is 29.1. The first-order chi connectivity index (χ1) is 13.8. The first kappa shape index (κ1) is 31.0. The van der Waals surface area contributed by atoms with Crippen LogP contribution in [0.25, 0.3) is 0 Å². The molecular formula is C26H58P2. The summed E-state index contributed by atoms with van der Waals surface area (Å²) in [6.07, 6.45) is 31.5. The molecule has 3 unspecified atom stereocenters. The van der Waals surface area contributed by atoms with Crippen molar-refractivity contribution in [3.63, 3.8) is 0 Å². The first-order valence-corrected chi connectivity index (χ1v) is 14.8. The fourth-order valence-electron chi connectivity index (χ4n) is 3.69. The molecule has 0 N–H and O–H groups in total. The number of hydrogen-bond donors (Lipinski definition) is 0. The summed E-state index contributed by atoms with van der Waals surface area (Å²) >= 11 is 0. The van der Waals surface area contributed by atoms with Gasteiger partial charge in [-0.1, -0.05) is 143 Å². The van der Waals surface area contributed by atoms with Crippen molar-refractivity contribution in [2.75, 3.05) is 12.3 Å². The average molecular weight is 433 g/mol. The summed E-state index contributed by atoms with van der Waals surface area (Å²) in [5.41, 5.74) is 0. The minimum absolute atomic E-state index is 0.968. The molecule has 0 heterocycles. The highest BCUT2D eigenvalue weighted by molar-refractivity contribution is 7.16. The van der Waals surface area contributed by atoms with E-state index in [9.17, 15) is 0 Å². The lowest BCUT2D eigenvalue weighted by atomic mass is 9.99. The Morgan fingerprint density at radius 2 is 0.821 bits per heavy atom. The predicted molar refractivity (Wildman–Crippen MR) is 142 cm³/mol. The zero-order valence-electron chi connectivity index (χ0n) is 20.3. The summed E-state index contributed by atoms with van der Waals surface area (Å²) in [6, 6.07) is 0. The Labute approximate surface area is 186 Å². The highest BCUT2D eigenvalue weighted by atomic mass is 31.0. The molecule has 0 aromatic heterocycles. The van der Waals surface area contributed by atoms with Crippen LogP contribution in [0.15, 0.2) is 0 Å². The molecule has 0 saturated heterocycles. The second kappa shape index (κ2) is 30.1. The van der Waals surface area contributed by atoms with E-state index in [-0.39, 0.29) is 0 Å². The second-order valence-corrected chi connectivity index (χ2v) is 9.79. The van der Waals surface area contributed by atoms with Crippen LogP contribution in [0.5, 0.6) is 0 Å². The molecule has 0 rings (SSSR count). The average Bonchev–Trinajstić information content (AvgIpc) is 2.72. The lowest BCUT2D eigenvalue weighted by Gasteiger charge is -2.11. The zero-order valence-corrected chi connectivity index (χ0v) is 22.6. The topological polar surface area (TPSA) is 0 Å². The van der Waals surface area contributed by atoms with Gasteiger partial charge in [0.1, 0.15) is 0 Å². The fraction of sp³-hybridized carbons (Fsp3) is 1.00. The van der Waals surface area contributed by atoms with E-state index in [1.54, 1.807) is 0 Å². The maximum Gasteiger partial charge on any atom is -0.0353 e. The molecule has 0 fully saturated rings. The fourth-order valence-corrected chi connectivity index (χ4v) is 4.55. The van der Waals surface area contributed by atoms with Gasteiger partial charge in [0.25, 0.3) is 0 Å². The Hall–Kier alpha value is 0.860. The SMILES string of the molecule is CCCCCCCCCCC(CC)CP.CCCCCCCCCCCCP. The Bertz CT molecular complexity index is 229. The quantitative estimate of drug-likeness (QED) is 0.125. The lowest BCUT2D eigenvalue weighted by Crippen LogP contribution is -1.99. The Kier molecular flexibility index (Phi) is 33.3. The molecule has 0 aliphatic carbocycles. The molecule has 0 spiro atoms. The van der Waals surface area contributed by atoms with Gasteiger partial charge in [-0.3, -0.25) is 0 Å². The van der Waals surface area contributed by atoms with E-state index in [4.69, 9.17) is 0 Å². The van der Waals surface area contributed by atoms with Gasteiger partial charge < -0.3 is 0 Å². The van der Waals surface area contributed by atoms with Crippen LogP contribution in [-0.4, -0.2) is 12.3 Å². The third-order valence-electron chi connectivity index (χ3n) is 5.93. The van der Waals surface area contributed by atoms with E-state index in [2.05, 4.69) is 39.3 Å². The van der Waals surface area contributed by atoms with Crippen LogP contribution in [0.1, 0.15) is 149 Å². The third-order valence-corrected chi connectivity index (χ3v) is 7.01. The minimum atomic E-state index is 0.968. The Morgan fingerprint density at radius 1 is 0.464 bits per heavy atom. The molecular weight excluding hydrogens is 374 g/mol. The molecule has 172 valence electrons. The normalized spacial score (nSPS) is 11.9. The van der Waals surface area contributed by atoms with Gasteiger partial charge in [0.2, 0.25) is 0 Å². The molecule has 0 saturated carbocycles. The largest absolute Gasteiger partial charge is 0.138 e. The van der Waals surface area contributed by atoms with Crippen molar-refractivity contribution >= 4 is 18.5 Å². The molecule has 0 aliphatic rings. The summed E-state index contributed by atoms with van der Waals surface area (Å²) in [4.78, 5) is 0. The first-order valence-electron chi connectivity index (χ1n) is 13.2. The summed E-state index contributed by atoms with van der Waals surface area (Å²) in [6.45, 7) is 6.88. The molecule has 0 aromatic rings. The van der Waals surface area contributed by atoms with Gasteiger partial charge in [-0.15, -0.1) is 18.5 Å². The van der Waals surface area contributed by atoms with E-state index < -0.39 is 0 Å². The van der Waals surface area contributed by atoms with Crippen LogP contribution in [0.4, 0.5) is 0 Å². The van der Waals surface area contributed by atoms with Gasteiger partial charge in [0, 0.05) is 0 Å². The van der Waals surface area contributed by atoms with Crippen molar-refractivity contribution in [2.45, 2.75) is 149 Å². The van der Waals surface area contributed by atoms with Crippen LogP contribution in [-0.2, 0) is 0 Å². The molecule has 0 bridgehead atoms.